The van der Waals surface area contributed by atoms with Crippen LogP contribution in [0.5, 0.6) is 5.88 Å². The highest BCUT2D eigenvalue weighted by Crippen LogP contribution is 2.32. The number of hydrogen-bond acceptors (Lipinski definition) is 6. The highest BCUT2D eigenvalue weighted by molar-refractivity contribution is 5.94. The maximum Gasteiger partial charge on any atom is 0.245 e. The van der Waals surface area contributed by atoms with E-state index in [1.807, 2.05) is 18.2 Å². The van der Waals surface area contributed by atoms with Gasteiger partial charge in [0.25, 0.3) is 0 Å². The van der Waals surface area contributed by atoms with Crippen molar-refractivity contribution in [1.82, 2.24) is 19.6 Å². The molecule has 0 bridgehead atoms. The summed E-state index contributed by atoms with van der Waals surface area (Å²) in [6.07, 6.45) is 4.22. The highest BCUT2D eigenvalue weighted by atomic mass is 19.1. The summed E-state index contributed by atoms with van der Waals surface area (Å²) in [5.41, 5.74) is 3.61. The number of carbonyl (C=O) groups is 1. The molecule has 2 N–H and O–H groups in total. The summed E-state index contributed by atoms with van der Waals surface area (Å²) in [6.45, 7) is 0. The molecule has 1 aromatic carbocycles. The molecular formula is C21H17FN6O2. The predicted molar refractivity (Wildman–Crippen MR) is 109 cm³/mol. The van der Waals surface area contributed by atoms with Gasteiger partial charge in [0.1, 0.15) is 0 Å². The highest BCUT2D eigenvalue weighted by Gasteiger charge is 2.21. The Balaban J connectivity index is 1.50. The summed E-state index contributed by atoms with van der Waals surface area (Å²) >= 11 is 0. The van der Waals surface area contributed by atoms with Crippen LogP contribution in [0.25, 0.3) is 16.8 Å². The Morgan fingerprint density at radius 3 is 2.80 bits per heavy atom. The molecule has 150 valence electrons. The Morgan fingerprint density at radius 2 is 2.00 bits per heavy atom. The molecule has 8 nitrogen and oxygen atoms in total. The molecule has 1 aliphatic rings. The standard InChI is InChI=1S/C21H17FN6O2/c1-30-18-9-4-13(10-23-18)16-7-5-14-11-24-21(27-28(14)16)25-15-6-2-12-3-8-17(29)26-20(12)19(15)22/h2,4-7,9-11H,3,8H2,1H3,(H,25,27)(H,26,29). The van der Waals surface area contributed by atoms with E-state index in [0.29, 0.717) is 18.7 Å². The lowest BCUT2D eigenvalue weighted by Gasteiger charge is -2.19. The summed E-state index contributed by atoms with van der Waals surface area (Å²) in [5, 5.41) is 10.0. The van der Waals surface area contributed by atoms with Crippen molar-refractivity contribution >= 4 is 28.7 Å². The first-order valence-corrected chi connectivity index (χ1v) is 9.36. The molecule has 0 unspecified atom stereocenters. The van der Waals surface area contributed by atoms with Crippen LogP contribution in [0.1, 0.15) is 12.0 Å². The molecule has 0 aliphatic carbocycles. The van der Waals surface area contributed by atoms with Gasteiger partial charge >= 0.3 is 0 Å². The topological polar surface area (TPSA) is 93.4 Å². The number of halogens is 1. The lowest BCUT2D eigenvalue weighted by atomic mass is 10.0. The third-order valence-electron chi connectivity index (χ3n) is 5.00. The van der Waals surface area contributed by atoms with E-state index in [-0.39, 0.29) is 23.2 Å². The van der Waals surface area contributed by atoms with E-state index in [1.165, 1.54) is 0 Å². The fraction of sp³-hybridized carbons (Fsp3) is 0.143. The average molecular weight is 404 g/mol. The second kappa shape index (κ2) is 7.11. The summed E-state index contributed by atoms with van der Waals surface area (Å²) in [7, 11) is 1.56. The zero-order valence-corrected chi connectivity index (χ0v) is 16.0. The van der Waals surface area contributed by atoms with Crippen molar-refractivity contribution in [2.45, 2.75) is 12.8 Å². The first kappa shape index (κ1) is 18.0. The van der Waals surface area contributed by atoms with Gasteiger partial charge in [0.15, 0.2) is 5.82 Å². The summed E-state index contributed by atoms with van der Waals surface area (Å²) in [5.74, 6) is 0.0200. The number of anilines is 3. The summed E-state index contributed by atoms with van der Waals surface area (Å²) in [4.78, 5) is 20.1. The summed E-state index contributed by atoms with van der Waals surface area (Å²) in [6, 6.07) is 10.9. The minimum atomic E-state index is -0.531. The second-order valence-corrected chi connectivity index (χ2v) is 6.86. The van der Waals surface area contributed by atoms with Gasteiger partial charge in [-0.15, -0.1) is 5.10 Å². The number of amides is 1. The van der Waals surface area contributed by atoms with Crippen LogP contribution in [0, 0.1) is 5.82 Å². The number of rotatable bonds is 4. The van der Waals surface area contributed by atoms with Crippen molar-refractivity contribution in [3.05, 3.63) is 60.2 Å². The van der Waals surface area contributed by atoms with Crippen molar-refractivity contribution in [2.24, 2.45) is 0 Å². The lowest BCUT2D eigenvalue weighted by Crippen LogP contribution is -2.20. The molecule has 1 amide bonds. The molecule has 4 heterocycles. The Labute approximate surface area is 170 Å². The number of nitrogens with zero attached hydrogens (tertiary/aromatic N) is 4. The number of pyridine rings is 1. The molecule has 5 rings (SSSR count). The van der Waals surface area contributed by atoms with E-state index >= 15 is 0 Å². The normalized spacial score (nSPS) is 13.1. The van der Waals surface area contributed by atoms with E-state index in [2.05, 4.69) is 25.7 Å². The SMILES string of the molecule is COc1ccc(-c2ccc3cnc(Nc4ccc5c(c4F)NC(=O)CC5)nn23)cn1. The molecule has 1 aliphatic heterocycles. The molecule has 0 atom stereocenters. The second-order valence-electron chi connectivity index (χ2n) is 6.86. The van der Waals surface area contributed by atoms with Gasteiger partial charge < -0.3 is 15.4 Å². The molecule has 0 spiro atoms. The smallest absolute Gasteiger partial charge is 0.245 e. The Bertz CT molecular complexity index is 1270. The third-order valence-corrected chi connectivity index (χ3v) is 5.00. The minimum absolute atomic E-state index is 0.190. The largest absolute Gasteiger partial charge is 0.481 e. The molecule has 0 saturated heterocycles. The van der Waals surface area contributed by atoms with Crippen molar-refractivity contribution < 1.29 is 13.9 Å². The number of nitrogens with one attached hydrogen (secondary N) is 2. The number of carbonyl (C=O) groups excluding carboxylic acids is 1. The molecule has 0 saturated carbocycles. The Kier molecular flexibility index (Phi) is 4.27. The van der Waals surface area contributed by atoms with Crippen molar-refractivity contribution in [2.75, 3.05) is 17.7 Å². The zero-order chi connectivity index (χ0) is 20.7. The monoisotopic (exact) mass is 404 g/mol. The Hall–Kier alpha value is -4.01. The lowest BCUT2D eigenvalue weighted by molar-refractivity contribution is -0.116. The fourth-order valence-corrected chi connectivity index (χ4v) is 3.46. The Morgan fingerprint density at radius 1 is 1.10 bits per heavy atom. The number of aryl methyl sites for hydroxylation is 1. The molecule has 0 fully saturated rings. The van der Waals surface area contributed by atoms with Gasteiger partial charge in [-0.05, 0) is 36.2 Å². The van der Waals surface area contributed by atoms with Gasteiger partial charge in [-0.1, -0.05) is 6.07 Å². The molecular weight excluding hydrogens is 387 g/mol. The van der Waals surface area contributed by atoms with Crippen LogP contribution >= 0.6 is 0 Å². The number of hydrogen-bond donors (Lipinski definition) is 2. The fourth-order valence-electron chi connectivity index (χ4n) is 3.46. The average Bonchev–Trinajstić information content (AvgIpc) is 3.19. The van der Waals surface area contributed by atoms with E-state index in [0.717, 1.165) is 22.3 Å². The van der Waals surface area contributed by atoms with E-state index < -0.39 is 5.82 Å². The first-order valence-electron chi connectivity index (χ1n) is 9.36. The number of ether oxygens (including phenoxy) is 1. The quantitative estimate of drug-likeness (QED) is 0.540. The van der Waals surface area contributed by atoms with Gasteiger partial charge in [-0.2, -0.15) is 0 Å². The van der Waals surface area contributed by atoms with Crippen LogP contribution in [-0.4, -0.2) is 32.6 Å². The van der Waals surface area contributed by atoms with Gasteiger partial charge in [0.2, 0.25) is 17.7 Å². The molecule has 4 aromatic rings. The summed E-state index contributed by atoms with van der Waals surface area (Å²) < 4.78 is 21.7. The number of aromatic nitrogens is 4. The van der Waals surface area contributed by atoms with Crippen LogP contribution in [0.15, 0.2) is 48.8 Å². The maximum absolute atomic E-state index is 14.9. The minimum Gasteiger partial charge on any atom is -0.481 e. The number of methoxy groups -OCH3 is 1. The number of benzene rings is 1. The molecule has 3 aromatic heterocycles. The van der Waals surface area contributed by atoms with Crippen molar-refractivity contribution in [1.29, 1.82) is 0 Å². The van der Waals surface area contributed by atoms with Crippen LogP contribution in [0.3, 0.4) is 0 Å². The van der Waals surface area contributed by atoms with Crippen molar-refractivity contribution in [3.63, 3.8) is 0 Å². The zero-order valence-electron chi connectivity index (χ0n) is 16.0. The van der Waals surface area contributed by atoms with E-state index in [9.17, 15) is 9.18 Å². The first-order chi connectivity index (χ1) is 14.6. The number of fused-ring (bicyclic) bond motifs is 2. The van der Waals surface area contributed by atoms with Gasteiger partial charge in [-0.3, -0.25) is 4.79 Å². The van der Waals surface area contributed by atoms with Gasteiger partial charge in [-0.25, -0.2) is 18.9 Å². The van der Waals surface area contributed by atoms with Gasteiger partial charge in [0.05, 0.1) is 35.9 Å². The predicted octanol–water partition coefficient (Wildman–Crippen LogP) is 3.57. The van der Waals surface area contributed by atoms with Crippen LogP contribution in [0.4, 0.5) is 21.7 Å². The van der Waals surface area contributed by atoms with Crippen LogP contribution < -0.4 is 15.4 Å². The van der Waals surface area contributed by atoms with Crippen molar-refractivity contribution in [3.8, 4) is 17.1 Å². The molecule has 9 heteroatoms. The van der Waals surface area contributed by atoms with Crippen LogP contribution in [0.2, 0.25) is 0 Å². The third kappa shape index (κ3) is 3.10. The molecule has 30 heavy (non-hydrogen) atoms. The van der Waals surface area contributed by atoms with E-state index in [1.54, 1.807) is 42.2 Å². The maximum atomic E-state index is 14.9. The molecule has 0 radical (unpaired) electrons. The van der Waals surface area contributed by atoms with Gasteiger partial charge in [0, 0.05) is 24.2 Å². The van der Waals surface area contributed by atoms with Crippen LogP contribution in [-0.2, 0) is 11.2 Å². The van der Waals surface area contributed by atoms with E-state index in [4.69, 9.17) is 4.74 Å².